The Morgan fingerprint density at radius 2 is 1.73 bits per heavy atom. The normalized spacial score (nSPS) is 14.9. The number of aryl methyl sites for hydroxylation is 2. The summed E-state index contributed by atoms with van der Waals surface area (Å²) in [6.45, 7) is -0.167. The highest BCUT2D eigenvalue weighted by Crippen LogP contribution is 2.23. The van der Waals surface area contributed by atoms with Crippen molar-refractivity contribution >= 4 is 20.0 Å². The predicted molar refractivity (Wildman–Crippen MR) is 97.6 cm³/mol. The third kappa shape index (κ3) is 4.94. The lowest BCUT2D eigenvalue weighted by molar-refractivity contribution is 0.498. The van der Waals surface area contributed by atoms with Crippen LogP contribution in [0.25, 0.3) is 0 Å². The zero-order valence-electron chi connectivity index (χ0n) is 14.3. The minimum Gasteiger partial charge on any atom is -0.468 e. The molecule has 0 bridgehead atoms. The molecule has 0 amide bonds. The van der Waals surface area contributed by atoms with Gasteiger partial charge < -0.3 is 4.42 Å². The molecule has 3 rings (SSSR count). The second-order valence-corrected chi connectivity index (χ2v) is 9.95. The highest BCUT2D eigenvalue weighted by molar-refractivity contribution is 7.90. The molecule has 0 radical (unpaired) electrons. The summed E-state index contributed by atoms with van der Waals surface area (Å²) in [4.78, 5) is 0.180. The smallest absolute Gasteiger partial charge is 0.240 e. The standard InChI is InChI=1S/C17H22N2O5S2/c20-25(21,19-13-16-6-3-10-24-16)11-9-18-26(22,23)17-8-7-14-4-1-2-5-15(14)12-17/h3,6-8,10,12,18-19H,1-2,4-5,9,11,13H2. The van der Waals surface area contributed by atoms with Gasteiger partial charge in [0.05, 0.1) is 23.5 Å². The Hall–Kier alpha value is -1.68. The maximum Gasteiger partial charge on any atom is 0.240 e. The Bertz CT molecular complexity index is 951. The van der Waals surface area contributed by atoms with Gasteiger partial charge in [0.15, 0.2) is 0 Å². The molecule has 0 spiro atoms. The van der Waals surface area contributed by atoms with Crippen molar-refractivity contribution in [1.29, 1.82) is 0 Å². The van der Waals surface area contributed by atoms with E-state index in [1.165, 1.54) is 11.8 Å². The number of hydrogen-bond acceptors (Lipinski definition) is 5. The third-order valence-corrected chi connectivity index (χ3v) is 7.12. The van der Waals surface area contributed by atoms with Crippen LogP contribution in [0, 0.1) is 0 Å². The third-order valence-electron chi connectivity index (χ3n) is 4.34. The van der Waals surface area contributed by atoms with Crippen LogP contribution in [0.2, 0.25) is 0 Å². The van der Waals surface area contributed by atoms with E-state index in [1.807, 2.05) is 6.07 Å². The average Bonchev–Trinajstić information content (AvgIpc) is 3.13. The largest absolute Gasteiger partial charge is 0.468 e. The summed E-state index contributed by atoms with van der Waals surface area (Å²) in [6, 6.07) is 8.44. The fourth-order valence-corrected chi connectivity index (χ4v) is 5.03. The molecule has 1 heterocycles. The zero-order chi connectivity index (χ0) is 18.6. The zero-order valence-corrected chi connectivity index (χ0v) is 15.9. The van der Waals surface area contributed by atoms with Gasteiger partial charge in [0, 0.05) is 6.54 Å². The SMILES string of the molecule is O=S(=O)(CCNS(=O)(=O)c1ccc2c(c1)CCCC2)NCc1ccco1. The van der Waals surface area contributed by atoms with Crippen LogP contribution in [-0.2, 0) is 39.4 Å². The molecule has 0 fully saturated rings. The van der Waals surface area contributed by atoms with Gasteiger partial charge in [0.1, 0.15) is 5.76 Å². The molecule has 0 atom stereocenters. The van der Waals surface area contributed by atoms with Gasteiger partial charge in [-0.2, -0.15) is 0 Å². The molecule has 0 saturated carbocycles. The summed E-state index contributed by atoms with van der Waals surface area (Å²) in [5.41, 5.74) is 2.26. The van der Waals surface area contributed by atoms with Crippen molar-refractivity contribution in [3.05, 3.63) is 53.5 Å². The van der Waals surface area contributed by atoms with Gasteiger partial charge in [-0.15, -0.1) is 0 Å². The molecule has 142 valence electrons. The molecule has 0 unspecified atom stereocenters. The summed E-state index contributed by atoms with van der Waals surface area (Å²) in [5, 5.41) is 0. The fourth-order valence-electron chi connectivity index (χ4n) is 2.94. The Morgan fingerprint density at radius 3 is 2.46 bits per heavy atom. The topological polar surface area (TPSA) is 105 Å². The second-order valence-electron chi connectivity index (χ2n) is 6.25. The Balaban J connectivity index is 1.56. The highest BCUT2D eigenvalue weighted by Gasteiger charge is 2.19. The van der Waals surface area contributed by atoms with E-state index in [0.29, 0.717) is 5.76 Å². The van der Waals surface area contributed by atoms with E-state index < -0.39 is 20.0 Å². The van der Waals surface area contributed by atoms with Gasteiger partial charge in [0.25, 0.3) is 0 Å². The van der Waals surface area contributed by atoms with Gasteiger partial charge in [-0.1, -0.05) is 6.07 Å². The summed E-state index contributed by atoms with van der Waals surface area (Å²) >= 11 is 0. The van der Waals surface area contributed by atoms with E-state index in [9.17, 15) is 16.8 Å². The van der Waals surface area contributed by atoms with Gasteiger partial charge in [0.2, 0.25) is 20.0 Å². The minimum atomic E-state index is -3.74. The summed E-state index contributed by atoms with van der Waals surface area (Å²) in [6.07, 6.45) is 5.49. The lowest BCUT2D eigenvalue weighted by atomic mass is 9.92. The van der Waals surface area contributed by atoms with E-state index in [1.54, 1.807) is 24.3 Å². The Kier molecular flexibility index (Phi) is 5.81. The number of fused-ring (bicyclic) bond motifs is 1. The summed E-state index contributed by atoms with van der Waals surface area (Å²) in [5.74, 6) is 0.140. The van der Waals surface area contributed by atoms with E-state index in [4.69, 9.17) is 4.42 Å². The van der Waals surface area contributed by atoms with Crippen LogP contribution < -0.4 is 9.44 Å². The van der Waals surface area contributed by atoms with Crippen molar-refractivity contribution in [2.75, 3.05) is 12.3 Å². The molecule has 0 aliphatic heterocycles. The van der Waals surface area contributed by atoms with E-state index >= 15 is 0 Å². The minimum absolute atomic E-state index is 0.0346. The van der Waals surface area contributed by atoms with E-state index in [-0.39, 0.29) is 23.7 Å². The van der Waals surface area contributed by atoms with Crippen molar-refractivity contribution in [2.45, 2.75) is 37.1 Å². The lowest BCUT2D eigenvalue weighted by Gasteiger charge is -2.16. The fraction of sp³-hybridized carbons (Fsp3) is 0.412. The second kappa shape index (κ2) is 7.91. The van der Waals surface area contributed by atoms with E-state index in [0.717, 1.165) is 31.2 Å². The van der Waals surface area contributed by atoms with Crippen LogP contribution in [0.5, 0.6) is 0 Å². The van der Waals surface area contributed by atoms with Crippen molar-refractivity contribution in [3.63, 3.8) is 0 Å². The molecule has 2 N–H and O–H groups in total. The van der Waals surface area contributed by atoms with Crippen molar-refractivity contribution < 1.29 is 21.3 Å². The first-order chi connectivity index (χ1) is 12.4. The molecular weight excluding hydrogens is 376 g/mol. The Morgan fingerprint density at radius 1 is 0.962 bits per heavy atom. The maximum atomic E-state index is 12.4. The molecule has 0 saturated heterocycles. The van der Waals surface area contributed by atoms with Crippen LogP contribution in [0.4, 0.5) is 0 Å². The first-order valence-electron chi connectivity index (χ1n) is 8.47. The number of rotatable bonds is 8. The van der Waals surface area contributed by atoms with Crippen LogP contribution >= 0.6 is 0 Å². The molecule has 1 aromatic carbocycles. The summed E-state index contributed by atoms with van der Waals surface area (Å²) in [7, 11) is -7.35. The quantitative estimate of drug-likeness (QED) is 0.702. The molecule has 9 heteroatoms. The monoisotopic (exact) mass is 398 g/mol. The molecule has 1 aromatic heterocycles. The number of hydrogen-bond donors (Lipinski definition) is 2. The van der Waals surface area contributed by atoms with Gasteiger partial charge in [-0.05, 0) is 61.1 Å². The summed E-state index contributed by atoms with van der Waals surface area (Å²) < 4.78 is 58.5. The molecule has 1 aliphatic rings. The van der Waals surface area contributed by atoms with Crippen molar-refractivity contribution in [1.82, 2.24) is 9.44 Å². The van der Waals surface area contributed by atoms with Crippen molar-refractivity contribution in [2.24, 2.45) is 0 Å². The maximum absolute atomic E-state index is 12.4. The lowest BCUT2D eigenvalue weighted by Crippen LogP contribution is -2.34. The Labute approximate surface area is 153 Å². The molecule has 1 aliphatic carbocycles. The number of sulfonamides is 2. The van der Waals surface area contributed by atoms with Crippen LogP contribution in [0.1, 0.15) is 29.7 Å². The average molecular weight is 399 g/mol. The number of furan rings is 1. The highest BCUT2D eigenvalue weighted by atomic mass is 32.2. The molecule has 2 aromatic rings. The first kappa shape index (κ1) is 19.1. The van der Waals surface area contributed by atoms with Crippen LogP contribution in [-0.4, -0.2) is 29.1 Å². The van der Waals surface area contributed by atoms with Crippen molar-refractivity contribution in [3.8, 4) is 0 Å². The number of nitrogens with one attached hydrogen (secondary N) is 2. The predicted octanol–water partition coefficient (Wildman–Crippen LogP) is 1.56. The first-order valence-corrected chi connectivity index (χ1v) is 11.6. The van der Waals surface area contributed by atoms with Gasteiger partial charge in [-0.25, -0.2) is 26.3 Å². The van der Waals surface area contributed by atoms with Gasteiger partial charge in [-0.3, -0.25) is 0 Å². The molecular formula is C17H22N2O5S2. The number of benzene rings is 1. The van der Waals surface area contributed by atoms with E-state index in [2.05, 4.69) is 9.44 Å². The van der Waals surface area contributed by atoms with Crippen LogP contribution in [0.15, 0.2) is 45.9 Å². The molecule has 7 nitrogen and oxygen atoms in total. The van der Waals surface area contributed by atoms with Gasteiger partial charge >= 0.3 is 0 Å². The van der Waals surface area contributed by atoms with Crippen LogP contribution in [0.3, 0.4) is 0 Å². The molecule has 26 heavy (non-hydrogen) atoms.